The number of likely N-dealkylation sites (tertiary alicyclic amines) is 1. The molecule has 216 valence electrons. The van der Waals surface area contributed by atoms with Crippen LogP contribution in [0, 0.1) is 23.7 Å². The van der Waals surface area contributed by atoms with Gasteiger partial charge >= 0.3 is 0 Å². The van der Waals surface area contributed by atoms with Crippen LogP contribution in [0.15, 0.2) is 60.7 Å². The van der Waals surface area contributed by atoms with Gasteiger partial charge in [-0.2, -0.15) is 0 Å². The van der Waals surface area contributed by atoms with Crippen LogP contribution in [0.4, 0.5) is 5.69 Å². The number of halogens is 1. The molecule has 3 fully saturated rings. The average molecular weight is 578 g/mol. The van der Waals surface area contributed by atoms with Crippen molar-refractivity contribution in [1.29, 1.82) is 0 Å². The summed E-state index contributed by atoms with van der Waals surface area (Å²) in [7, 11) is 1.60. The van der Waals surface area contributed by atoms with Crippen molar-refractivity contribution in [2.75, 3.05) is 12.4 Å². The molecule has 3 heterocycles. The van der Waals surface area contributed by atoms with Crippen LogP contribution in [-0.2, 0) is 25.7 Å². The van der Waals surface area contributed by atoms with Crippen LogP contribution in [0.5, 0.6) is 5.75 Å². The van der Waals surface area contributed by atoms with Crippen LogP contribution in [0.2, 0.25) is 5.02 Å². The maximum atomic E-state index is 14.2. The number of carbonyl (C=O) groups is 3. The average Bonchev–Trinajstić information content (AvgIpc) is 3.60. The Morgan fingerprint density at radius 1 is 1.07 bits per heavy atom. The third-order valence-corrected chi connectivity index (χ3v) is 9.84. The number of methoxy groups -OCH3 is 1. The normalized spacial score (nSPS) is 33.5. The van der Waals surface area contributed by atoms with Crippen molar-refractivity contribution in [3.05, 3.63) is 71.3 Å². The van der Waals surface area contributed by atoms with Crippen LogP contribution in [0.25, 0.3) is 0 Å². The molecule has 2 bridgehead atoms. The van der Waals surface area contributed by atoms with Gasteiger partial charge in [-0.05, 0) is 60.2 Å². The lowest BCUT2D eigenvalue weighted by molar-refractivity contribution is -0.142. The second-order valence-corrected chi connectivity index (χ2v) is 12.3. The standard InChI is InChI=1S/C32H36ClN3O5/c1-18-5-4-6-24(19(18)2)35-30(38)28-32-16-15-25(41-32)26(29(37)34-22-11-9-21(33)10-12-22)27(32)31(39)36(28)17-20-7-13-23(40-3)14-8-20/h7-16,18-19,24-28H,4-6,17H2,1-3H3,(H,34,37)(H,35,38)/t18-,19+,24-,25-,26-,27-,28+,32+/m1/s1. The first-order valence-corrected chi connectivity index (χ1v) is 14.8. The maximum Gasteiger partial charge on any atom is 0.246 e. The predicted molar refractivity (Wildman–Crippen MR) is 155 cm³/mol. The molecule has 4 aliphatic rings. The van der Waals surface area contributed by atoms with Gasteiger partial charge < -0.3 is 25.0 Å². The van der Waals surface area contributed by atoms with Crippen LogP contribution in [0.1, 0.15) is 38.7 Å². The molecule has 0 aromatic heterocycles. The molecular formula is C32H36ClN3O5. The van der Waals surface area contributed by atoms with Gasteiger partial charge in [0.05, 0.1) is 25.0 Å². The Kier molecular flexibility index (Phi) is 7.32. The Morgan fingerprint density at radius 2 is 1.80 bits per heavy atom. The molecule has 1 saturated carbocycles. The SMILES string of the molecule is COc1ccc(CN2C(=O)[C@H]3[C@H](C(=O)Nc4ccc(Cl)cc4)[C@H]4C=C[C@@]3(O4)[C@@H]2C(=O)N[C@@H]2CCC[C@@H](C)[C@@H]2C)cc1. The fraction of sp³-hybridized carbons (Fsp3) is 0.469. The number of hydrogen-bond donors (Lipinski definition) is 2. The minimum atomic E-state index is -1.22. The second kappa shape index (κ2) is 10.8. The van der Waals surface area contributed by atoms with E-state index in [9.17, 15) is 14.4 Å². The number of ether oxygens (including phenoxy) is 2. The number of amides is 3. The molecular weight excluding hydrogens is 542 g/mol. The highest BCUT2D eigenvalue weighted by molar-refractivity contribution is 6.30. The van der Waals surface area contributed by atoms with Crippen LogP contribution in [0.3, 0.4) is 0 Å². The van der Waals surface area contributed by atoms with Crippen molar-refractivity contribution >= 4 is 35.0 Å². The molecule has 41 heavy (non-hydrogen) atoms. The van der Waals surface area contributed by atoms with E-state index in [2.05, 4.69) is 24.5 Å². The van der Waals surface area contributed by atoms with Gasteiger partial charge in [0.1, 0.15) is 17.4 Å². The lowest BCUT2D eigenvalue weighted by Crippen LogP contribution is -2.57. The molecule has 3 amide bonds. The molecule has 2 aromatic carbocycles. The molecule has 6 rings (SSSR count). The van der Waals surface area contributed by atoms with Gasteiger partial charge in [0.15, 0.2) is 0 Å². The molecule has 1 aliphatic carbocycles. The molecule has 0 unspecified atom stereocenters. The second-order valence-electron chi connectivity index (χ2n) is 11.9. The van der Waals surface area contributed by atoms with E-state index in [1.165, 1.54) is 0 Å². The van der Waals surface area contributed by atoms with Gasteiger partial charge in [0.2, 0.25) is 17.7 Å². The summed E-state index contributed by atoms with van der Waals surface area (Å²) in [6.07, 6.45) is 6.18. The van der Waals surface area contributed by atoms with Crippen molar-refractivity contribution < 1.29 is 23.9 Å². The summed E-state index contributed by atoms with van der Waals surface area (Å²) in [4.78, 5) is 43.7. The maximum absolute atomic E-state index is 14.2. The zero-order valence-electron chi connectivity index (χ0n) is 23.5. The zero-order valence-corrected chi connectivity index (χ0v) is 24.3. The summed E-state index contributed by atoms with van der Waals surface area (Å²) in [5.41, 5.74) is 0.216. The number of rotatable bonds is 7. The quantitative estimate of drug-likeness (QED) is 0.470. The third-order valence-electron chi connectivity index (χ3n) is 9.58. The van der Waals surface area contributed by atoms with Crippen LogP contribution < -0.4 is 15.4 Å². The highest BCUT2D eigenvalue weighted by Crippen LogP contribution is 2.55. The summed E-state index contributed by atoms with van der Waals surface area (Å²) in [5, 5.41) is 6.78. The first kappa shape index (κ1) is 27.8. The van der Waals surface area contributed by atoms with E-state index in [0.29, 0.717) is 28.3 Å². The Balaban J connectivity index is 1.32. The summed E-state index contributed by atoms with van der Waals surface area (Å²) >= 11 is 6.01. The number of nitrogens with zero attached hydrogens (tertiary/aromatic N) is 1. The number of nitrogens with one attached hydrogen (secondary N) is 2. The lowest BCUT2D eigenvalue weighted by atomic mass is 9.73. The number of benzene rings is 2. The molecule has 1 spiro atoms. The smallest absolute Gasteiger partial charge is 0.246 e. The number of hydrogen-bond acceptors (Lipinski definition) is 5. The molecule has 9 heteroatoms. The lowest BCUT2D eigenvalue weighted by Gasteiger charge is -2.38. The van der Waals surface area contributed by atoms with E-state index in [-0.39, 0.29) is 30.3 Å². The minimum Gasteiger partial charge on any atom is -0.497 e. The van der Waals surface area contributed by atoms with E-state index in [1.54, 1.807) is 36.3 Å². The Bertz CT molecular complexity index is 1360. The topological polar surface area (TPSA) is 97.0 Å². The van der Waals surface area contributed by atoms with E-state index in [0.717, 1.165) is 24.8 Å². The first-order valence-electron chi connectivity index (χ1n) is 14.4. The van der Waals surface area contributed by atoms with Gasteiger partial charge in [-0.1, -0.05) is 62.6 Å². The monoisotopic (exact) mass is 577 g/mol. The first-order chi connectivity index (χ1) is 19.7. The predicted octanol–water partition coefficient (Wildman–Crippen LogP) is 4.58. The van der Waals surface area contributed by atoms with E-state index < -0.39 is 29.6 Å². The number of anilines is 1. The third kappa shape index (κ3) is 4.81. The minimum absolute atomic E-state index is 0.0196. The molecule has 2 saturated heterocycles. The van der Waals surface area contributed by atoms with Crippen molar-refractivity contribution in [1.82, 2.24) is 10.2 Å². The Hall–Kier alpha value is -3.36. The van der Waals surface area contributed by atoms with Gasteiger partial charge in [-0.3, -0.25) is 14.4 Å². The van der Waals surface area contributed by atoms with Gasteiger partial charge in [-0.25, -0.2) is 0 Å². The summed E-state index contributed by atoms with van der Waals surface area (Å²) in [5.74, 6) is -0.868. The Morgan fingerprint density at radius 3 is 2.51 bits per heavy atom. The summed E-state index contributed by atoms with van der Waals surface area (Å²) < 4.78 is 11.8. The zero-order chi connectivity index (χ0) is 28.9. The van der Waals surface area contributed by atoms with Gasteiger partial charge in [0.25, 0.3) is 0 Å². The summed E-state index contributed by atoms with van der Waals surface area (Å²) in [6.45, 7) is 4.61. The fourth-order valence-electron chi connectivity index (χ4n) is 7.17. The number of carbonyl (C=O) groups excluding carboxylic acids is 3. The van der Waals surface area contributed by atoms with Crippen molar-refractivity contribution in [2.24, 2.45) is 23.7 Å². The molecule has 0 radical (unpaired) electrons. The van der Waals surface area contributed by atoms with Crippen LogP contribution >= 0.6 is 11.6 Å². The molecule has 2 N–H and O–H groups in total. The van der Waals surface area contributed by atoms with Gasteiger partial charge in [-0.15, -0.1) is 0 Å². The van der Waals surface area contributed by atoms with Crippen molar-refractivity contribution in [3.63, 3.8) is 0 Å². The summed E-state index contributed by atoms with van der Waals surface area (Å²) in [6, 6.07) is 13.4. The largest absolute Gasteiger partial charge is 0.497 e. The van der Waals surface area contributed by atoms with E-state index in [1.807, 2.05) is 36.4 Å². The van der Waals surface area contributed by atoms with Crippen LogP contribution in [-0.4, -0.2) is 53.5 Å². The highest BCUT2D eigenvalue weighted by Gasteiger charge is 2.72. The highest BCUT2D eigenvalue weighted by atomic mass is 35.5. The van der Waals surface area contributed by atoms with Crippen molar-refractivity contribution in [2.45, 2.75) is 63.4 Å². The molecule has 3 aliphatic heterocycles. The molecule has 8 atom stereocenters. The van der Waals surface area contributed by atoms with E-state index in [4.69, 9.17) is 21.1 Å². The molecule has 2 aromatic rings. The fourth-order valence-corrected chi connectivity index (χ4v) is 7.30. The van der Waals surface area contributed by atoms with Gasteiger partial charge in [0, 0.05) is 23.3 Å². The van der Waals surface area contributed by atoms with Crippen molar-refractivity contribution in [3.8, 4) is 5.75 Å². The Labute approximate surface area is 245 Å². The molecule has 8 nitrogen and oxygen atoms in total. The number of fused-ring (bicyclic) bond motifs is 1. The van der Waals surface area contributed by atoms with E-state index >= 15 is 0 Å².